The number of nitrogens with zero attached hydrogens (tertiary/aromatic N) is 1. The van der Waals surface area contributed by atoms with E-state index in [2.05, 4.69) is 5.32 Å². The fourth-order valence-corrected chi connectivity index (χ4v) is 3.94. The standard InChI is InChI=1S/C22H28FN3O3/c1-14-3-6-19-20(26(14)15(2)27)8-7-18(16(9-24)10-25-17-4-5-17)21(19)29-13-22(23)11-28-12-22/h7-10,14,17,24-25H,3-6,11-13H2,1-2H3/b16-10+,24-9?/t14-/m0/s1. The Labute approximate surface area is 170 Å². The molecule has 29 heavy (non-hydrogen) atoms. The molecule has 2 N–H and O–H groups in total. The third-order valence-corrected chi connectivity index (χ3v) is 5.80. The Morgan fingerprint density at radius 3 is 2.76 bits per heavy atom. The maximum Gasteiger partial charge on any atom is 0.224 e. The molecule has 4 rings (SSSR count). The minimum Gasteiger partial charge on any atom is -0.489 e. The first-order chi connectivity index (χ1) is 13.9. The summed E-state index contributed by atoms with van der Waals surface area (Å²) in [6.07, 6.45) is 6.93. The highest BCUT2D eigenvalue weighted by Crippen LogP contribution is 2.42. The quantitative estimate of drug-likeness (QED) is 0.688. The average molecular weight is 401 g/mol. The zero-order valence-corrected chi connectivity index (χ0v) is 17.0. The first-order valence-corrected chi connectivity index (χ1v) is 10.2. The summed E-state index contributed by atoms with van der Waals surface area (Å²) in [7, 11) is 0. The van der Waals surface area contributed by atoms with Crippen LogP contribution in [-0.2, 0) is 16.0 Å². The lowest BCUT2D eigenvalue weighted by molar-refractivity contribution is -0.146. The van der Waals surface area contributed by atoms with Crippen LogP contribution in [0.15, 0.2) is 18.3 Å². The Morgan fingerprint density at radius 2 is 2.17 bits per heavy atom. The molecule has 0 bridgehead atoms. The van der Waals surface area contributed by atoms with Crippen LogP contribution in [0.3, 0.4) is 0 Å². The third kappa shape index (κ3) is 4.01. The second-order valence-corrected chi connectivity index (χ2v) is 8.33. The van der Waals surface area contributed by atoms with E-state index in [0.29, 0.717) is 17.4 Å². The highest BCUT2D eigenvalue weighted by atomic mass is 19.1. The zero-order chi connectivity index (χ0) is 20.6. The van der Waals surface area contributed by atoms with E-state index in [-0.39, 0.29) is 31.8 Å². The lowest BCUT2D eigenvalue weighted by atomic mass is 9.91. The second-order valence-electron chi connectivity index (χ2n) is 8.33. The van der Waals surface area contributed by atoms with E-state index in [1.807, 2.05) is 25.3 Å². The number of halogens is 1. The van der Waals surface area contributed by atoms with Gasteiger partial charge in [0, 0.05) is 48.1 Å². The highest BCUT2D eigenvalue weighted by molar-refractivity contribution is 6.10. The number of fused-ring (bicyclic) bond motifs is 1. The molecular formula is C22H28FN3O3. The molecule has 1 aromatic carbocycles. The Bertz CT molecular complexity index is 846. The van der Waals surface area contributed by atoms with Crippen molar-refractivity contribution in [2.75, 3.05) is 24.7 Å². The van der Waals surface area contributed by atoms with Crippen LogP contribution < -0.4 is 15.0 Å². The number of allylic oxidation sites excluding steroid dienone is 1. The van der Waals surface area contributed by atoms with Crippen molar-refractivity contribution in [1.29, 1.82) is 5.41 Å². The predicted molar refractivity (Wildman–Crippen MR) is 110 cm³/mol. The van der Waals surface area contributed by atoms with Crippen LogP contribution >= 0.6 is 0 Å². The monoisotopic (exact) mass is 401 g/mol. The molecule has 1 saturated heterocycles. The number of carbonyl (C=O) groups excluding carboxylic acids is 1. The molecule has 0 aromatic heterocycles. The number of benzene rings is 1. The number of carbonyl (C=O) groups is 1. The van der Waals surface area contributed by atoms with Gasteiger partial charge in [-0.15, -0.1) is 0 Å². The van der Waals surface area contributed by atoms with Crippen molar-refractivity contribution in [3.63, 3.8) is 0 Å². The molecule has 2 aliphatic heterocycles. The summed E-state index contributed by atoms with van der Waals surface area (Å²) >= 11 is 0. The number of anilines is 1. The molecule has 0 spiro atoms. The van der Waals surface area contributed by atoms with Crippen molar-refractivity contribution in [1.82, 2.24) is 5.32 Å². The van der Waals surface area contributed by atoms with Crippen LogP contribution in [0.5, 0.6) is 5.75 Å². The number of ether oxygens (including phenoxy) is 2. The van der Waals surface area contributed by atoms with E-state index >= 15 is 0 Å². The van der Waals surface area contributed by atoms with E-state index in [1.54, 1.807) is 11.8 Å². The van der Waals surface area contributed by atoms with E-state index in [0.717, 1.165) is 42.5 Å². The van der Waals surface area contributed by atoms with Crippen LogP contribution in [0.2, 0.25) is 0 Å². The van der Waals surface area contributed by atoms with Crippen LogP contribution in [0.25, 0.3) is 5.57 Å². The van der Waals surface area contributed by atoms with Gasteiger partial charge in [0.15, 0.2) is 5.67 Å². The number of nitrogens with one attached hydrogen (secondary N) is 2. The first-order valence-electron chi connectivity index (χ1n) is 10.2. The molecule has 7 heteroatoms. The summed E-state index contributed by atoms with van der Waals surface area (Å²) in [5, 5.41) is 11.2. The maximum atomic E-state index is 14.6. The van der Waals surface area contributed by atoms with Crippen LogP contribution in [0, 0.1) is 5.41 Å². The third-order valence-electron chi connectivity index (χ3n) is 5.80. The number of amides is 1. The predicted octanol–water partition coefficient (Wildman–Crippen LogP) is 3.23. The lowest BCUT2D eigenvalue weighted by Crippen LogP contribution is -2.50. The van der Waals surface area contributed by atoms with E-state index in [1.165, 1.54) is 6.21 Å². The molecule has 0 unspecified atom stereocenters. The van der Waals surface area contributed by atoms with Gasteiger partial charge in [-0.05, 0) is 44.7 Å². The normalized spacial score (nSPS) is 23.1. The van der Waals surface area contributed by atoms with Gasteiger partial charge in [0.05, 0.1) is 18.9 Å². The fourth-order valence-electron chi connectivity index (χ4n) is 3.94. The molecule has 2 fully saturated rings. The van der Waals surface area contributed by atoms with Crippen LogP contribution in [0.1, 0.15) is 44.2 Å². The minimum atomic E-state index is -1.48. The highest BCUT2D eigenvalue weighted by Gasteiger charge is 2.40. The summed E-state index contributed by atoms with van der Waals surface area (Å²) in [6.45, 7) is 3.55. The largest absolute Gasteiger partial charge is 0.489 e. The Kier molecular flexibility index (Phi) is 5.34. The van der Waals surface area contributed by atoms with Gasteiger partial charge in [-0.25, -0.2) is 4.39 Å². The number of rotatable bonds is 7. The van der Waals surface area contributed by atoms with Gasteiger partial charge in [0.25, 0.3) is 0 Å². The molecule has 6 nitrogen and oxygen atoms in total. The summed E-state index contributed by atoms with van der Waals surface area (Å²) in [5.41, 5.74) is 1.66. The zero-order valence-electron chi connectivity index (χ0n) is 17.0. The number of hydrogen-bond acceptors (Lipinski definition) is 5. The van der Waals surface area contributed by atoms with Crippen molar-refractivity contribution >= 4 is 23.4 Å². The second kappa shape index (κ2) is 7.78. The fraction of sp³-hybridized carbons (Fsp3) is 0.545. The van der Waals surface area contributed by atoms with Gasteiger partial charge in [-0.1, -0.05) is 0 Å². The minimum absolute atomic E-state index is 0.0234. The Morgan fingerprint density at radius 1 is 1.41 bits per heavy atom. The topological polar surface area (TPSA) is 74.7 Å². The van der Waals surface area contributed by atoms with Crippen LogP contribution in [0.4, 0.5) is 10.1 Å². The Hall–Kier alpha value is -2.41. The van der Waals surface area contributed by atoms with E-state index in [4.69, 9.17) is 14.9 Å². The van der Waals surface area contributed by atoms with Crippen molar-refractivity contribution in [3.8, 4) is 5.75 Å². The van der Waals surface area contributed by atoms with Crippen molar-refractivity contribution < 1.29 is 18.7 Å². The molecular weight excluding hydrogens is 373 g/mol. The van der Waals surface area contributed by atoms with Crippen molar-refractivity contribution in [2.24, 2.45) is 0 Å². The summed E-state index contributed by atoms with van der Waals surface area (Å²) in [6, 6.07) is 4.35. The molecule has 3 aliphatic rings. The van der Waals surface area contributed by atoms with E-state index in [9.17, 15) is 9.18 Å². The SMILES string of the molecule is CC(=O)N1c2ccc(/C(C=N)=C/NC3CC3)c(OCC3(F)COC3)c2CC[C@@H]1C. The first kappa shape index (κ1) is 19.9. The molecule has 1 amide bonds. The molecule has 1 atom stereocenters. The van der Waals surface area contributed by atoms with Gasteiger partial charge in [0.1, 0.15) is 12.4 Å². The number of alkyl halides is 1. The maximum absolute atomic E-state index is 14.6. The Balaban J connectivity index is 1.74. The van der Waals surface area contributed by atoms with Crippen molar-refractivity contribution in [3.05, 3.63) is 29.5 Å². The molecule has 2 heterocycles. The van der Waals surface area contributed by atoms with Crippen molar-refractivity contribution in [2.45, 2.75) is 57.3 Å². The van der Waals surface area contributed by atoms with Gasteiger partial charge in [-0.2, -0.15) is 0 Å². The lowest BCUT2D eigenvalue weighted by Gasteiger charge is -2.37. The van der Waals surface area contributed by atoms with E-state index < -0.39 is 5.67 Å². The number of hydrogen-bond donors (Lipinski definition) is 2. The van der Waals surface area contributed by atoms with Gasteiger partial charge in [-0.3, -0.25) is 4.79 Å². The summed E-state index contributed by atoms with van der Waals surface area (Å²) in [5.74, 6) is 0.543. The van der Waals surface area contributed by atoms with Gasteiger partial charge < -0.3 is 25.1 Å². The summed E-state index contributed by atoms with van der Waals surface area (Å²) in [4.78, 5) is 14.0. The van der Waals surface area contributed by atoms with Gasteiger partial charge >= 0.3 is 0 Å². The molecule has 1 aromatic rings. The molecule has 1 aliphatic carbocycles. The molecule has 0 radical (unpaired) electrons. The average Bonchev–Trinajstić information content (AvgIpc) is 3.49. The molecule has 1 saturated carbocycles. The van der Waals surface area contributed by atoms with Crippen LogP contribution in [-0.4, -0.2) is 49.7 Å². The van der Waals surface area contributed by atoms with Gasteiger partial charge in [0.2, 0.25) is 5.91 Å². The summed E-state index contributed by atoms with van der Waals surface area (Å²) < 4.78 is 25.6. The molecule has 156 valence electrons. The smallest absolute Gasteiger partial charge is 0.224 e.